The second kappa shape index (κ2) is 2.21. The van der Waals surface area contributed by atoms with Crippen LogP contribution in [0.2, 0.25) is 5.28 Å². The number of rotatable bonds is 0. The maximum absolute atomic E-state index is 5.55. The van der Waals surface area contributed by atoms with Crippen molar-refractivity contribution in [3.05, 3.63) is 11.1 Å². The van der Waals surface area contributed by atoms with Crippen LogP contribution in [-0.2, 0) is 17.9 Å². The van der Waals surface area contributed by atoms with E-state index in [1.165, 1.54) is 0 Å². The van der Waals surface area contributed by atoms with E-state index in [9.17, 15) is 0 Å². The predicted molar refractivity (Wildman–Crippen MR) is 34.7 cm³/mol. The molecule has 54 valence electrons. The van der Waals surface area contributed by atoms with Gasteiger partial charge in [-0.3, -0.25) is 0 Å². The Morgan fingerprint density at radius 2 is 2.50 bits per heavy atom. The molecule has 2 heterocycles. The van der Waals surface area contributed by atoms with Gasteiger partial charge in [-0.2, -0.15) is 4.98 Å². The van der Waals surface area contributed by atoms with Crippen LogP contribution in [0.3, 0.4) is 0 Å². The van der Waals surface area contributed by atoms with Gasteiger partial charge in [0.2, 0.25) is 5.28 Å². The first-order chi connectivity index (χ1) is 4.86. The summed E-state index contributed by atoms with van der Waals surface area (Å²) in [5, 5.41) is 4.25. The Morgan fingerprint density at radius 1 is 1.60 bits per heavy atom. The fourth-order valence-electron chi connectivity index (χ4n) is 0.944. The molecule has 0 amide bonds. The predicted octanol–water partition coefficient (Wildman–Crippen LogP) is 0.462. The topological polar surface area (TPSA) is 39.9 Å². The third-order valence-corrected chi connectivity index (χ3v) is 1.56. The van der Waals surface area contributed by atoms with Crippen molar-refractivity contribution in [2.45, 2.75) is 13.2 Å². The maximum atomic E-state index is 5.55. The lowest BCUT2D eigenvalue weighted by molar-refractivity contribution is 0.0769. The minimum atomic E-state index is 0.306. The van der Waals surface area contributed by atoms with Crippen LogP contribution < -0.4 is 0 Å². The van der Waals surface area contributed by atoms with E-state index < -0.39 is 0 Å². The van der Waals surface area contributed by atoms with Gasteiger partial charge in [-0.25, -0.2) is 4.68 Å². The van der Waals surface area contributed by atoms with Crippen molar-refractivity contribution in [2.24, 2.45) is 0 Å². The Labute approximate surface area is 62.8 Å². The largest absolute Gasteiger partial charge is 0.372 e. The lowest BCUT2D eigenvalue weighted by atomic mass is 10.5. The molecule has 0 aromatic carbocycles. The quantitative estimate of drug-likeness (QED) is 0.552. The SMILES string of the molecule is Clc1nc2n(n1)CCOC2. The van der Waals surface area contributed by atoms with E-state index in [-0.39, 0.29) is 0 Å². The molecule has 10 heavy (non-hydrogen) atoms. The molecule has 0 spiro atoms. The average molecular weight is 160 g/mol. The molecule has 0 radical (unpaired) electrons. The summed E-state index contributed by atoms with van der Waals surface area (Å²) in [5.41, 5.74) is 0. The van der Waals surface area contributed by atoms with Gasteiger partial charge < -0.3 is 4.74 Å². The molecule has 2 rings (SSSR count). The van der Waals surface area contributed by atoms with Crippen molar-refractivity contribution in [1.82, 2.24) is 14.8 Å². The molecule has 0 fully saturated rings. The van der Waals surface area contributed by atoms with Gasteiger partial charge in [0.25, 0.3) is 0 Å². The number of ether oxygens (including phenoxy) is 1. The van der Waals surface area contributed by atoms with Crippen LogP contribution in [0.15, 0.2) is 0 Å². The van der Waals surface area contributed by atoms with Crippen LogP contribution in [0, 0.1) is 0 Å². The first-order valence-corrected chi connectivity index (χ1v) is 3.41. The summed E-state index contributed by atoms with van der Waals surface area (Å²) in [6, 6.07) is 0. The molecule has 1 aromatic rings. The molecule has 0 N–H and O–H groups in total. The first kappa shape index (κ1) is 6.12. The molecule has 1 aliphatic heterocycles. The van der Waals surface area contributed by atoms with Crippen molar-refractivity contribution in [3.63, 3.8) is 0 Å². The van der Waals surface area contributed by atoms with Crippen LogP contribution in [0.1, 0.15) is 5.82 Å². The standard InChI is InChI=1S/C5H6ClN3O/c6-5-7-4-3-10-2-1-9(4)8-5/h1-3H2. The Kier molecular flexibility index (Phi) is 1.35. The summed E-state index contributed by atoms with van der Waals surface area (Å²) in [6.07, 6.45) is 0. The smallest absolute Gasteiger partial charge is 0.242 e. The van der Waals surface area contributed by atoms with Gasteiger partial charge in [0.05, 0.1) is 13.2 Å². The number of aromatic nitrogens is 3. The summed E-state index contributed by atoms with van der Waals surface area (Å²) in [4.78, 5) is 3.94. The summed E-state index contributed by atoms with van der Waals surface area (Å²) < 4.78 is 6.90. The normalized spacial score (nSPS) is 16.9. The van der Waals surface area contributed by atoms with E-state index in [4.69, 9.17) is 16.3 Å². The highest BCUT2D eigenvalue weighted by molar-refractivity contribution is 6.28. The average Bonchev–Trinajstić information content (AvgIpc) is 2.27. The molecule has 0 saturated heterocycles. The Hall–Kier alpha value is -0.610. The van der Waals surface area contributed by atoms with Crippen molar-refractivity contribution in [3.8, 4) is 0 Å². The van der Waals surface area contributed by atoms with Crippen molar-refractivity contribution in [2.75, 3.05) is 6.61 Å². The summed E-state index contributed by atoms with van der Waals surface area (Å²) in [6.45, 7) is 1.99. The van der Waals surface area contributed by atoms with Gasteiger partial charge in [-0.05, 0) is 11.6 Å². The lowest BCUT2D eigenvalue weighted by Crippen LogP contribution is -2.17. The Balaban J connectivity index is 2.41. The van der Waals surface area contributed by atoms with E-state index >= 15 is 0 Å². The summed E-state index contributed by atoms with van der Waals surface area (Å²) >= 11 is 5.55. The van der Waals surface area contributed by atoms with Gasteiger partial charge in [-0.1, -0.05) is 0 Å². The second-order valence-electron chi connectivity index (χ2n) is 2.07. The zero-order valence-electron chi connectivity index (χ0n) is 5.25. The van der Waals surface area contributed by atoms with E-state index in [1.807, 2.05) is 0 Å². The molecule has 1 aliphatic rings. The zero-order valence-corrected chi connectivity index (χ0v) is 6.01. The minimum absolute atomic E-state index is 0.306. The Bertz CT molecular complexity index is 224. The van der Waals surface area contributed by atoms with Gasteiger partial charge in [0, 0.05) is 0 Å². The van der Waals surface area contributed by atoms with E-state index in [0.29, 0.717) is 18.5 Å². The molecular formula is C5H6ClN3O. The molecule has 0 unspecified atom stereocenters. The highest BCUT2D eigenvalue weighted by Crippen LogP contribution is 2.08. The van der Waals surface area contributed by atoms with Crippen LogP contribution >= 0.6 is 11.6 Å². The van der Waals surface area contributed by atoms with Crippen molar-refractivity contribution < 1.29 is 4.74 Å². The van der Waals surface area contributed by atoms with Gasteiger partial charge in [-0.15, -0.1) is 5.10 Å². The molecule has 5 heteroatoms. The number of halogens is 1. The molecular weight excluding hydrogens is 154 g/mol. The van der Waals surface area contributed by atoms with Crippen LogP contribution in [0.4, 0.5) is 0 Å². The van der Waals surface area contributed by atoms with E-state index in [2.05, 4.69) is 10.1 Å². The third kappa shape index (κ3) is 0.892. The number of fused-ring (bicyclic) bond motifs is 1. The van der Waals surface area contributed by atoms with Crippen molar-refractivity contribution >= 4 is 11.6 Å². The number of hydrogen-bond acceptors (Lipinski definition) is 3. The first-order valence-electron chi connectivity index (χ1n) is 3.03. The van der Waals surface area contributed by atoms with Gasteiger partial charge in [0.15, 0.2) is 5.82 Å². The molecule has 1 aromatic heterocycles. The zero-order chi connectivity index (χ0) is 6.97. The highest BCUT2D eigenvalue weighted by Gasteiger charge is 2.12. The molecule has 0 bridgehead atoms. The highest BCUT2D eigenvalue weighted by atomic mass is 35.5. The molecule has 0 atom stereocenters. The maximum Gasteiger partial charge on any atom is 0.242 e. The van der Waals surface area contributed by atoms with Crippen LogP contribution in [0.5, 0.6) is 0 Å². The third-order valence-electron chi connectivity index (χ3n) is 1.40. The van der Waals surface area contributed by atoms with Gasteiger partial charge in [0.1, 0.15) is 6.61 Å². The van der Waals surface area contributed by atoms with E-state index in [0.717, 1.165) is 12.4 Å². The molecule has 0 aliphatic carbocycles. The summed E-state index contributed by atoms with van der Waals surface area (Å²) in [5.74, 6) is 0.816. The fourth-order valence-corrected chi connectivity index (χ4v) is 1.13. The molecule has 0 saturated carbocycles. The Morgan fingerprint density at radius 3 is 3.30 bits per heavy atom. The van der Waals surface area contributed by atoms with E-state index in [1.54, 1.807) is 4.68 Å². The second-order valence-corrected chi connectivity index (χ2v) is 2.41. The monoisotopic (exact) mass is 159 g/mol. The fraction of sp³-hybridized carbons (Fsp3) is 0.600. The van der Waals surface area contributed by atoms with Crippen LogP contribution in [0.25, 0.3) is 0 Å². The number of hydrogen-bond donors (Lipinski definition) is 0. The van der Waals surface area contributed by atoms with Crippen molar-refractivity contribution in [1.29, 1.82) is 0 Å². The summed E-state index contributed by atoms with van der Waals surface area (Å²) in [7, 11) is 0. The lowest BCUT2D eigenvalue weighted by Gasteiger charge is -2.11. The minimum Gasteiger partial charge on any atom is -0.372 e. The molecule has 4 nitrogen and oxygen atoms in total. The number of nitrogens with zero attached hydrogens (tertiary/aromatic N) is 3. The van der Waals surface area contributed by atoms with Gasteiger partial charge >= 0.3 is 0 Å². The van der Waals surface area contributed by atoms with Crippen LogP contribution in [-0.4, -0.2) is 21.4 Å².